The number of rotatable bonds is 3. The predicted molar refractivity (Wildman–Crippen MR) is 49.3 cm³/mol. The van der Waals surface area contributed by atoms with E-state index >= 15 is 0 Å². The van der Waals surface area contributed by atoms with Gasteiger partial charge in [-0.05, 0) is 23.9 Å². The van der Waals surface area contributed by atoms with Gasteiger partial charge in [0, 0.05) is 12.1 Å². The van der Waals surface area contributed by atoms with Crippen molar-refractivity contribution in [3.05, 3.63) is 34.4 Å². The van der Waals surface area contributed by atoms with Crippen LogP contribution in [-0.4, -0.2) is 13.3 Å². The van der Waals surface area contributed by atoms with Crippen molar-refractivity contribution in [2.45, 2.75) is 4.90 Å². The molecule has 0 saturated carbocycles. The van der Waals surface area contributed by atoms with E-state index in [4.69, 9.17) is 11.8 Å². The first-order chi connectivity index (χ1) is 6.47. The molecule has 0 heterocycles. The number of benzene rings is 1. The van der Waals surface area contributed by atoms with Gasteiger partial charge in [0.1, 0.15) is 0 Å². The smallest absolute Gasteiger partial charge is 0.258 e. The molecule has 1 aromatic rings. The molecule has 1 aromatic carbocycles. The Balaban J connectivity index is 0.00000196. The number of nitro benzene ring substituents is 1. The summed E-state index contributed by atoms with van der Waals surface area (Å²) in [5.41, 5.74) is -0.182. The number of halogens is 1. The Bertz CT molecular complexity index is 447. The zero-order valence-electron chi connectivity index (χ0n) is 7.68. The van der Waals surface area contributed by atoms with E-state index in [2.05, 4.69) is 0 Å². The Morgan fingerprint density at radius 3 is 2.07 bits per heavy atom. The topological polar surface area (TPSA) is 89.3 Å². The molecule has 1 rings (SSSR count). The quantitative estimate of drug-likeness (QED) is 0.295. The van der Waals surface area contributed by atoms with Gasteiger partial charge in [-0.15, -0.1) is 4.24 Å². The van der Waals surface area contributed by atoms with Gasteiger partial charge in [-0.1, -0.05) is 0 Å². The minimum absolute atomic E-state index is 0. The van der Waals surface area contributed by atoms with Crippen LogP contribution in [0.5, 0.6) is 0 Å². The summed E-state index contributed by atoms with van der Waals surface area (Å²) in [5.74, 6) is 0. The maximum Gasteiger partial charge on any atom is 1.00 e. The second kappa shape index (κ2) is 5.78. The first-order valence-electron chi connectivity index (χ1n) is 3.34. The molecule has 0 aliphatic carbocycles. The molecule has 76 valence electrons. The van der Waals surface area contributed by atoms with E-state index in [9.17, 15) is 18.5 Å². The standard InChI is InChI=1S/C6H5ClN2O4S.Na/c7-8-14(12,13)6-3-1-5(2-4-6)9(10)11;/h1-4,8H;/q;+1. The maximum absolute atomic E-state index is 11.1. The molecule has 0 aliphatic heterocycles. The Morgan fingerprint density at radius 1 is 1.27 bits per heavy atom. The van der Waals surface area contributed by atoms with Crippen LogP contribution in [0.1, 0.15) is 0 Å². The number of hydrogen-bond donors (Lipinski definition) is 1. The predicted octanol–water partition coefficient (Wildman–Crippen LogP) is -1.97. The normalized spacial score (nSPS) is 10.5. The van der Waals surface area contributed by atoms with Crippen molar-refractivity contribution in [1.82, 2.24) is 4.24 Å². The summed E-state index contributed by atoms with van der Waals surface area (Å²) < 4.78 is 23.7. The van der Waals surface area contributed by atoms with E-state index in [0.717, 1.165) is 24.3 Å². The van der Waals surface area contributed by atoms with Gasteiger partial charge in [0.25, 0.3) is 15.7 Å². The summed E-state index contributed by atoms with van der Waals surface area (Å²) in [4.78, 5) is 9.50. The van der Waals surface area contributed by atoms with Gasteiger partial charge < -0.3 is 0 Å². The summed E-state index contributed by atoms with van der Waals surface area (Å²) in [6, 6.07) is 4.37. The van der Waals surface area contributed by atoms with Gasteiger partial charge >= 0.3 is 29.6 Å². The number of non-ortho nitro benzene ring substituents is 1. The Labute approximate surface area is 113 Å². The van der Waals surface area contributed by atoms with Crippen molar-refractivity contribution in [3.63, 3.8) is 0 Å². The molecular formula is C6H5ClN2NaO4S+. The largest absolute Gasteiger partial charge is 1.00 e. The van der Waals surface area contributed by atoms with Crippen LogP contribution in [0.25, 0.3) is 0 Å². The zero-order valence-corrected chi connectivity index (χ0v) is 11.2. The van der Waals surface area contributed by atoms with E-state index in [-0.39, 0.29) is 40.1 Å². The molecule has 15 heavy (non-hydrogen) atoms. The average molecular weight is 260 g/mol. The second-order valence-corrected chi connectivity index (χ2v) is 4.43. The van der Waals surface area contributed by atoms with Gasteiger partial charge in [0.2, 0.25) is 0 Å². The van der Waals surface area contributed by atoms with Crippen molar-refractivity contribution < 1.29 is 42.9 Å². The number of nitrogens with one attached hydrogen (secondary N) is 1. The van der Waals surface area contributed by atoms with Crippen LogP contribution in [0.15, 0.2) is 29.2 Å². The molecule has 0 atom stereocenters. The van der Waals surface area contributed by atoms with Crippen molar-refractivity contribution in [3.8, 4) is 0 Å². The number of nitro groups is 1. The van der Waals surface area contributed by atoms with Crippen LogP contribution in [0.2, 0.25) is 0 Å². The van der Waals surface area contributed by atoms with Gasteiger partial charge in [-0.3, -0.25) is 10.1 Å². The number of nitrogens with zero attached hydrogens (tertiary/aromatic N) is 1. The van der Waals surface area contributed by atoms with Crippen molar-refractivity contribution in [2.75, 3.05) is 0 Å². The number of hydrogen-bond acceptors (Lipinski definition) is 4. The van der Waals surface area contributed by atoms with Crippen LogP contribution in [-0.2, 0) is 10.0 Å². The van der Waals surface area contributed by atoms with Crippen LogP contribution in [0, 0.1) is 10.1 Å². The van der Waals surface area contributed by atoms with Crippen LogP contribution in [0.3, 0.4) is 0 Å². The fourth-order valence-electron chi connectivity index (χ4n) is 0.792. The van der Waals surface area contributed by atoms with Crippen molar-refractivity contribution in [1.29, 1.82) is 0 Å². The van der Waals surface area contributed by atoms with E-state index in [1.165, 1.54) is 0 Å². The fraction of sp³-hybridized carbons (Fsp3) is 0. The third kappa shape index (κ3) is 3.71. The Hall–Kier alpha value is -0.180. The molecule has 9 heteroatoms. The molecule has 0 aliphatic rings. The first kappa shape index (κ1) is 14.8. The second-order valence-electron chi connectivity index (χ2n) is 2.33. The zero-order chi connectivity index (χ0) is 10.8. The monoisotopic (exact) mass is 259 g/mol. The summed E-state index contributed by atoms with van der Waals surface area (Å²) >= 11 is 4.96. The minimum Gasteiger partial charge on any atom is -0.258 e. The van der Waals surface area contributed by atoms with E-state index in [1.807, 2.05) is 0 Å². The molecule has 6 nitrogen and oxygen atoms in total. The van der Waals surface area contributed by atoms with E-state index < -0.39 is 14.9 Å². The fourth-order valence-corrected chi connectivity index (χ4v) is 1.64. The van der Waals surface area contributed by atoms with Crippen molar-refractivity contribution in [2.24, 2.45) is 0 Å². The van der Waals surface area contributed by atoms with Gasteiger partial charge in [0.05, 0.1) is 9.82 Å². The molecular weight excluding hydrogens is 255 g/mol. The van der Waals surface area contributed by atoms with Gasteiger partial charge in [-0.25, -0.2) is 8.42 Å². The molecule has 0 unspecified atom stereocenters. The minimum atomic E-state index is -3.75. The van der Waals surface area contributed by atoms with Crippen molar-refractivity contribution >= 4 is 27.5 Å². The third-order valence-corrected chi connectivity index (χ3v) is 3.16. The SMILES string of the molecule is O=[N+]([O-])c1ccc(S(=O)(=O)NCl)cc1.[Na+]. The Kier molecular flexibility index (Phi) is 5.71. The molecule has 0 spiro atoms. The first-order valence-corrected chi connectivity index (χ1v) is 5.20. The third-order valence-electron chi connectivity index (χ3n) is 1.46. The molecule has 1 N–H and O–H groups in total. The molecule has 0 fully saturated rings. The number of sulfonamides is 1. The summed E-state index contributed by atoms with van der Waals surface area (Å²) in [6.45, 7) is 0. The van der Waals surface area contributed by atoms with Crippen LogP contribution < -0.4 is 33.8 Å². The van der Waals surface area contributed by atoms with E-state index in [0.29, 0.717) is 0 Å². The molecule has 0 aromatic heterocycles. The maximum atomic E-state index is 11.1. The van der Waals surface area contributed by atoms with Crippen LogP contribution >= 0.6 is 11.8 Å². The molecule has 0 saturated heterocycles. The molecule has 0 bridgehead atoms. The average Bonchev–Trinajstić information content (AvgIpc) is 2.18. The van der Waals surface area contributed by atoms with E-state index in [1.54, 1.807) is 4.24 Å². The molecule has 0 radical (unpaired) electrons. The van der Waals surface area contributed by atoms with Crippen LogP contribution in [0.4, 0.5) is 5.69 Å². The Morgan fingerprint density at radius 2 is 1.73 bits per heavy atom. The van der Waals surface area contributed by atoms with Gasteiger partial charge in [-0.2, -0.15) is 0 Å². The summed E-state index contributed by atoms with van der Waals surface area (Å²) in [5, 5.41) is 10.2. The summed E-state index contributed by atoms with van der Waals surface area (Å²) in [6.07, 6.45) is 0. The molecule has 0 amide bonds. The van der Waals surface area contributed by atoms with Gasteiger partial charge in [0.15, 0.2) is 0 Å². The summed E-state index contributed by atoms with van der Waals surface area (Å²) in [7, 11) is -3.75.